The first-order chi connectivity index (χ1) is 17.7. The Hall–Kier alpha value is -3.72. The van der Waals surface area contributed by atoms with Crippen molar-refractivity contribution < 1.29 is 18.8 Å². The predicted octanol–water partition coefficient (Wildman–Crippen LogP) is 3.97. The average Bonchev–Trinajstić information content (AvgIpc) is 3.34. The van der Waals surface area contributed by atoms with Gasteiger partial charge < -0.3 is 25.3 Å². The highest BCUT2D eigenvalue weighted by Crippen LogP contribution is 2.29. The Morgan fingerprint density at radius 3 is 2.51 bits per heavy atom. The Morgan fingerprint density at radius 1 is 1.14 bits per heavy atom. The van der Waals surface area contributed by atoms with E-state index in [0.717, 1.165) is 53.5 Å². The summed E-state index contributed by atoms with van der Waals surface area (Å²) in [6.07, 6.45) is 7.82. The van der Waals surface area contributed by atoms with Crippen molar-refractivity contribution in [2.75, 3.05) is 19.4 Å². The van der Waals surface area contributed by atoms with E-state index in [4.69, 9.17) is 4.52 Å². The molecule has 2 N–H and O–H groups in total. The monoisotopic (exact) mass is 505 g/mol. The minimum atomic E-state index is -0.674. The fourth-order valence-corrected chi connectivity index (χ4v) is 5.09. The smallest absolute Gasteiger partial charge is 0.257 e. The summed E-state index contributed by atoms with van der Waals surface area (Å²) in [7, 11) is 3.78. The van der Waals surface area contributed by atoms with E-state index in [-0.39, 0.29) is 17.7 Å². The fraction of sp³-hybridized carbons (Fsp3) is 0.429. The number of nitrogens with zero attached hydrogens (tertiary/aromatic N) is 3. The van der Waals surface area contributed by atoms with Crippen molar-refractivity contribution in [1.82, 2.24) is 15.4 Å². The van der Waals surface area contributed by atoms with Crippen molar-refractivity contribution in [3.63, 3.8) is 0 Å². The lowest BCUT2D eigenvalue weighted by atomic mass is 9.83. The zero-order valence-corrected chi connectivity index (χ0v) is 21.9. The van der Waals surface area contributed by atoms with Crippen molar-refractivity contribution in [3.8, 4) is 11.1 Å². The molecule has 0 aliphatic heterocycles. The molecule has 0 radical (unpaired) electrons. The van der Waals surface area contributed by atoms with Crippen molar-refractivity contribution >= 4 is 17.5 Å². The number of aromatic nitrogens is 2. The molecule has 37 heavy (non-hydrogen) atoms. The Bertz CT molecular complexity index is 1250. The molecule has 196 valence electrons. The molecular weight excluding hydrogens is 470 g/mol. The molecule has 4 rings (SSSR count). The first kappa shape index (κ1) is 26.3. The van der Waals surface area contributed by atoms with Crippen molar-refractivity contribution in [3.05, 3.63) is 70.5 Å². The van der Waals surface area contributed by atoms with Gasteiger partial charge in [-0.25, -0.2) is 0 Å². The highest BCUT2D eigenvalue weighted by molar-refractivity contribution is 6.01. The van der Waals surface area contributed by atoms with Crippen LogP contribution in [0.25, 0.3) is 11.1 Å². The van der Waals surface area contributed by atoms with Gasteiger partial charge in [0, 0.05) is 25.2 Å². The minimum absolute atomic E-state index is 0.0521. The van der Waals surface area contributed by atoms with E-state index >= 15 is 0 Å². The molecule has 9 heteroatoms. The SMILES string of the molecule is Cc1cc[n+]([O-])c(C)c1-c1ccc(NC(=O)[C@@H](NC(=O)c2conc2CN(C)C)C2CCCCC2)cc1. The fourth-order valence-electron chi connectivity index (χ4n) is 5.09. The van der Waals surface area contributed by atoms with Crippen LogP contribution >= 0.6 is 0 Å². The maximum Gasteiger partial charge on any atom is 0.257 e. The Morgan fingerprint density at radius 2 is 1.84 bits per heavy atom. The van der Waals surface area contributed by atoms with Crippen molar-refractivity contribution in [1.29, 1.82) is 0 Å². The third kappa shape index (κ3) is 6.17. The van der Waals surface area contributed by atoms with Gasteiger partial charge in [-0.3, -0.25) is 9.59 Å². The number of anilines is 1. The number of hydrogen-bond acceptors (Lipinski definition) is 6. The molecule has 3 aromatic rings. The van der Waals surface area contributed by atoms with Crippen molar-refractivity contribution in [2.24, 2.45) is 5.92 Å². The van der Waals surface area contributed by atoms with Gasteiger partial charge in [-0.15, -0.1) is 0 Å². The van der Waals surface area contributed by atoms with Crippen LogP contribution in [-0.2, 0) is 11.3 Å². The Kier molecular flexibility index (Phi) is 8.23. The number of aryl methyl sites for hydroxylation is 1. The summed E-state index contributed by atoms with van der Waals surface area (Å²) in [5.41, 5.74) is 4.91. The van der Waals surface area contributed by atoms with Gasteiger partial charge in [0.25, 0.3) is 5.91 Å². The number of amides is 2. The molecule has 9 nitrogen and oxygen atoms in total. The highest BCUT2D eigenvalue weighted by atomic mass is 16.5. The molecule has 0 spiro atoms. The van der Waals surface area contributed by atoms with Crippen LogP contribution in [0.2, 0.25) is 0 Å². The second-order valence-corrected chi connectivity index (χ2v) is 10.1. The molecule has 2 amide bonds. The highest BCUT2D eigenvalue weighted by Gasteiger charge is 2.32. The lowest BCUT2D eigenvalue weighted by Gasteiger charge is -2.30. The number of benzene rings is 1. The zero-order valence-electron chi connectivity index (χ0n) is 21.9. The summed E-state index contributed by atoms with van der Waals surface area (Å²) in [6, 6.07) is 8.55. The van der Waals surface area contributed by atoms with Gasteiger partial charge in [-0.1, -0.05) is 36.6 Å². The van der Waals surface area contributed by atoms with Crippen LogP contribution in [0.5, 0.6) is 0 Å². The van der Waals surface area contributed by atoms with Crippen LogP contribution in [0.15, 0.2) is 47.3 Å². The van der Waals surface area contributed by atoms with Gasteiger partial charge in [0.05, 0.1) is 5.56 Å². The molecular formula is C28H35N5O4. The van der Waals surface area contributed by atoms with Crippen LogP contribution in [0.4, 0.5) is 5.69 Å². The Labute approximate surface area is 217 Å². The molecule has 1 aromatic carbocycles. The second kappa shape index (κ2) is 11.6. The lowest BCUT2D eigenvalue weighted by molar-refractivity contribution is -0.611. The molecule has 0 saturated heterocycles. The first-order valence-electron chi connectivity index (χ1n) is 12.7. The maximum absolute atomic E-state index is 13.5. The van der Waals surface area contributed by atoms with E-state index in [2.05, 4.69) is 15.8 Å². The van der Waals surface area contributed by atoms with Crippen LogP contribution in [-0.4, -0.2) is 42.0 Å². The summed E-state index contributed by atoms with van der Waals surface area (Å²) in [5, 5.41) is 22.0. The number of carbonyl (C=O) groups excluding carboxylic acids is 2. The van der Waals surface area contributed by atoms with Crippen LogP contribution in [0, 0.1) is 25.0 Å². The van der Waals surface area contributed by atoms with E-state index in [1.165, 1.54) is 12.5 Å². The zero-order chi connectivity index (χ0) is 26.5. The first-order valence-corrected chi connectivity index (χ1v) is 12.7. The lowest BCUT2D eigenvalue weighted by Crippen LogP contribution is -2.49. The molecule has 1 aliphatic carbocycles. The van der Waals surface area contributed by atoms with E-state index in [1.54, 1.807) is 13.0 Å². The molecule has 1 fully saturated rings. The Balaban J connectivity index is 1.52. The summed E-state index contributed by atoms with van der Waals surface area (Å²) in [4.78, 5) is 28.5. The van der Waals surface area contributed by atoms with Crippen LogP contribution in [0.1, 0.15) is 59.4 Å². The van der Waals surface area contributed by atoms with Crippen LogP contribution < -0.4 is 15.4 Å². The minimum Gasteiger partial charge on any atom is -0.618 e. The molecule has 2 heterocycles. The summed E-state index contributed by atoms with van der Waals surface area (Å²) in [5.74, 6) is -0.556. The van der Waals surface area contributed by atoms with Gasteiger partial charge in [0.2, 0.25) is 5.91 Å². The van der Waals surface area contributed by atoms with E-state index < -0.39 is 6.04 Å². The number of rotatable bonds is 8. The van der Waals surface area contributed by atoms with E-state index in [1.807, 2.05) is 50.2 Å². The molecule has 1 saturated carbocycles. The van der Waals surface area contributed by atoms with Gasteiger partial charge in [-0.2, -0.15) is 4.73 Å². The van der Waals surface area contributed by atoms with Gasteiger partial charge in [0.1, 0.15) is 23.6 Å². The summed E-state index contributed by atoms with van der Waals surface area (Å²) in [6.45, 7) is 4.22. The molecule has 1 atom stereocenters. The van der Waals surface area contributed by atoms with E-state index in [9.17, 15) is 14.8 Å². The van der Waals surface area contributed by atoms with Gasteiger partial charge >= 0.3 is 0 Å². The quantitative estimate of drug-likeness (QED) is 0.354. The molecule has 0 bridgehead atoms. The maximum atomic E-state index is 13.5. The summed E-state index contributed by atoms with van der Waals surface area (Å²) >= 11 is 0. The third-order valence-electron chi connectivity index (χ3n) is 7.03. The number of carbonyl (C=O) groups is 2. The average molecular weight is 506 g/mol. The number of hydrogen-bond donors (Lipinski definition) is 2. The normalized spacial score (nSPS) is 14.9. The topological polar surface area (TPSA) is 114 Å². The van der Waals surface area contributed by atoms with Crippen LogP contribution in [0.3, 0.4) is 0 Å². The number of nitrogens with one attached hydrogen (secondary N) is 2. The number of pyridine rings is 1. The predicted molar refractivity (Wildman–Crippen MR) is 141 cm³/mol. The molecule has 1 aliphatic rings. The molecule has 2 aromatic heterocycles. The largest absolute Gasteiger partial charge is 0.618 e. The van der Waals surface area contributed by atoms with E-state index in [0.29, 0.717) is 29.2 Å². The third-order valence-corrected chi connectivity index (χ3v) is 7.03. The van der Waals surface area contributed by atoms with Gasteiger partial charge in [-0.05, 0) is 63.0 Å². The molecule has 0 unspecified atom stereocenters. The summed E-state index contributed by atoms with van der Waals surface area (Å²) < 4.78 is 5.92. The van der Waals surface area contributed by atoms with Crippen molar-refractivity contribution in [2.45, 2.75) is 58.5 Å². The second-order valence-electron chi connectivity index (χ2n) is 10.1. The standard InChI is InChI=1S/C28H35N5O4/c1-18-14-15-33(36)19(2)25(18)20-10-12-22(13-11-20)29-28(35)26(21-8-6-5-7-9-21)30-27(34)23-17-37-31-24(23)16-32(3)4/h10-15,17,21,26H,5-9,16H2,1-4H3,(H,29,35)(H,30,34)/t26-/m0/s1. The van der Waals surface area contributed by atoms with Gasteiger partial charge in [0.15, 0.2) is 11.9 Å².